The molecule has 0 aliphatic carbocycles. The fourth-order valence-corrected chi connectivity index (χ4v) is 2.51. The second-order valence-electron chi connectivity index (χ2n) is 4.82. The molecule has 6 heteroatoms. The molecule has 0 aromatic heterocycles. The minimum Gasteiger partial charge on any atom is -0.393 e. The predicted octanol–water partition coefficient (Wildman–Crippen LogP) is 1.01. The molecule has 1 aromatic rings. The number of nitrogen functional groups attached to an aromatic ring is 1. The van der Waals surface area contributed by atoms with Gasteiger partial charge in [0.1, 0.15) is 11.4 Å². The average molecular weight is 235 g/mol. The van der Waals surface area contributed by atoms with E-state index < -0.39 is 4.92 Å². The molecule has 2 fully saturated rings. The molecular formula is C11H13N3O3. The Morgan fingerprint density at radius 2 is 2.12 bits per heavy atom. The van der Waals surface area contributed by atoms with Crippen molar-refractivity contribution in [2.24, 2.45) is 5.41 Å². The maximum absolute atomic E-state index is 11.0. The normalized spacial score (nSPS) is 20.8. The molecule has 2 aliphatic rings. The first kappa shape index (κ1) is 10.3. The van der Waals surface area contributed by atoms with Crippen LogP contribution in [0.1, 0.15) is 0 Å². The summed E-state index contributed by atoms with van der Waals surface area (Å²) in [6.07, 6.45) is 0. The molecule has 1 spiro atoms. The molecule has 0 unspecified atom stereocenters. The minimum absolute atomic E-state index is 0.0163. The zero-order valence-electron chi connectivity index (χ0n) is 9.26. The minimum atomic E-state index is -0.410. The Labute approximate surface area is 98.1 Å². The van der Waals surface area contributed by atoms with Crippen molar-refractivity contribution >= 4 is 17.1 Å². The maximum Gasteiger partial charge on any atom is 0.315 e. The van der Waals surface area contributed by atoms with Crippen LogP contribution >= 0.6 is 0 Å². The molecule has 0 saturated carbocycles. The number of hydrogen-bond donors (Lipinski definition) is 1. The van der Waals surface area contributed by atoms with Crippen LogP contribution in [0.5, 0.6) is 0 Å². The van der Waals surface area contributed by atoms with Crippen LogP contribution in [0.15, 0.2) is 18.2 Å². The van der Waals surface area contributed by atoms with E-state index in [1.165, 1.54) is 0 Å². The lowest BCUT2D eigenvalue weighted by atomic mass is 9.77. The van der Waals surface area contributed by atoms with Crippen LogP contribution in [0.3, 0.4) is 0 Å². The molecule has 1 aromatic carbocycles. The monoisotopic (exact) mass is 235 g/mol. The number of nitrogens with zero attached hydrogens (tertiary/aromatic N) is 2. The molecule has 2 heterocycles. The molecule has 2 aliphatic heterocycles. The highest BCUT2D eigenvalue weighted by Crippen LogP contribution is 2.44. The first-order valence-corrected chi connectivity index (χ1v) is 5.47. The van der Waals surface area contributed by atoms with Gasteiger partial charge in [-0.3, -0.25) is 10.1 Å². The van der Waals surface area contributed by atoms with Gasteiger partial charge in [-0.1, -0.05) is 6.07 Å². The molecule has 6 nitrogen and oxygen atoms in total. The van der Waals surface area contributed by atoms with Crippen LogP contribution < -0.4 is 10.6 Å². The van der Waals surface area contributed by atoms with Crippen LogP contribution in [-0.4, -0.2) is 31.2 Å². The number of nitrogens with two attached hydrogens (primary N) is 1. The molecule has 90 valence electrons. The molecule has 0 radical (unpaired) electrons. The van der Waals surface area contributed by atoms with Crippen LogP contribution in [0, 0.1) is 15.5 Å². The van der Waals surface area contributed by atoms with Crippen LogP contribution in [0.2, 0.25) is 0 Å². The maximum atomic E-state index is 11.0. The summed E-state index contributed by atoms with van der Waals surface area (Å²) >= 11 is 0. The van der Waals surface area contributed by atoms with Gasteiger partial charge in [-0.05, 0) is 12.1 Å². The van der Waals surface area contributed by atoms with Crippen molar-refractivity contribution in [3.8, 4) is 0 Å². The summed E-state index contributed by atoms with van der Waals surface area (Å²) in [5.41, 5.74) is 6.75. The van der Waals surface area contributed by atoms with Gasteiger partial charge in [-0.2, -0.15) is 0 Å². The first-order chi connectivity index (χ1) is 8.11. The molecular weight excluding hydrogens is 222 g/mol. The quantitative estimate of drug-likeness (QED) is 0.470. The summed E-state index contributed by atoms with van der Waals surface area (Å²) in [6.45, 7) is 3.16. The lowest BCUT2D eigenvalue weighted by Crippen LogP contribution is -2.66. The number of benzene rings is 1. The lowest BCUT2D eigenvalue weighted by Gasteiger charge is -2.55. The third-order valence-electron chi connectivity index (χ3n) is 3.44. The smallest absolute Gasteiger partial charge is 0.315 e. The fraction of sp³-hybridized carbons (Fsp3) is 0.455. The van der Waals surface area contributed by atoms with Crippen LogP contribution in [0.4, 0.5) is 17.1 Å². The zero-order valence-corrected chi connectivity index (χ0v) is 9.26. The van der Waals surface area contributed by atoms with Gasteiger partial charge >= 0.3 is 5.69 Å². The number of hydrogen-bond acceptors (Lipinski definition) is 5. The Bertz CT molecular complexity index is 477. The zero-order chi connectivity index (χ0) is 12.0. The number of rotatable bonds is 2. The number of nitro groups is 1. The number of para-hydroxylation sites is 1. The topological polar surface area (TPSA) is 81.6 Å². The van der Waals surface area contributed by atoms with Crippen molar-refractivity contribution in [2.45, 2.75) is 0 Å². The molecule has 2 N–H and O–H groups in total. The van der Waals surface area contributed by atoms with Gasteiger partial charge in [0, 0.05) is 13.1 Å². The van der Waals surface area contributed by atoms with E-state index in [2.05, 4.69) is 0 Å². The molecule has 17 heavy (non-hydrogen) atoms. The van der Waals surface area contributed by atoms with E-state index in [-0.39, 0.29) is 16.8 Å². The molecule has 2 saturated heterocycles. The van der Waals surface area contributed by atoms with Crippen LogP contribution in [-0.2, 0) is 4.74 Å². The number of anilines is 2. The Hall–Kier alpha value is -1.82. The Morgan fingerprint density at radius 1 is 1.41 bits per heavy atom. The van der Waals surface area contributed by atoms with Gasteiger partial charge in [0.25, 0.3) is 0 Å². The van der Waals surface area contributed by atoms with Crippen LogP contribution in [0.25, 0.3) is 0 Å². The third-order valence-corrected chi connectivity index (χ3v) is 3.44. The summed E-state index contributed by atoms with van der Waals surface area (Å²) in [4.78, 5) is 12.6. The highest BCUT2D eigenvalue weighted by Gasteiger charge is 2.50. The van der Waals surface area contributed by atoms with E-state index in [1.807, 2.05) is 4.90 Å². The Kier molecular flexibility index (Phi) is 2.03. The Morgan fingerprint density at radius 3 is 2.65 bits per heavy atom. The van der Waals surface area contributed by atoms with Gasteiger partial charge in [-0.25, -0.2) is 0 Å². The van der Waals surface area contributed by atoms with E-state index in [0.717, 1.165) is 26.3 Å². The van der Waals surface area contributed by atoms with Crippen molar-refractivity contribution in [3.63, 3.8) is 0 Å². The van der Waals surface area contributed by atoms with Gasteiger partial charge in [0.05, 0.1) is 23.6 Å². The van der Waals surface area contributed by atoms with E-state index in [9.17, 15) is 10.1 Å². The average Bonchev–Trinajstić information content (AvgIpc) is 2.12. The first-order valence-electron chi connectivity index (χ1n) is 5.47. The van der Waals surface area contributed by atoms with Gasteiger partial charge in [0.2, 0.25) is 0 Å². The van der Waals surface area contributed by atoms with Crippen molar-refractivity contribution < 1.29 is 9.66 Å². The largest absolute Gasteiger partial charge is 0.393 e. The van der Waals surface area contributed by atoms with E-state index in [1.54, 1.807) is 18.2 Å². The number of ether oxygens (including phenoxy) is 1. The fourth-order valence-electron chi connectivity index (χ4n) is 2.51. The Balaban J connectivity index is 1.88. The standard InChI is InChI=1S/C11H13N3O3/c12-8-2-1-3-9(10(8)14(15)16)13-4-11(5-13)6-17-7-11/h1-3H,4-7,12H2. The van der Waals surface area contributed by atoms with Gasteiger partial charge < -0.3 is 15.4 Å². The summed E-state index contributed by atoms with van der Waals surface area (Å²) in [5.74, 6) is 0. The van der Waals surface area contributed by atoms with Gasteiger partial charge in [-0.15, -0.1) is 0 Å². The van der Waals surface area contributed by atoms with E-state index in [4.69, 9.17) is 10.5 Å². The molecule has 0 atom stereocenters. The molecule has 0 bridgehead atoms. The molecule has 0 amide bonds. The van der Waals surface area contributed by atoms with E-state index in [0.29, 0.717) is 5.69 Å². The highest BCUT2D eigenvalue weighted by molar-refractivity contribution is 5.76. The second-order valence-corrected chi connectivity index (χ2v) is 4.82. The molecule has 3 rings (SSSR count). The summed E-state index contributed by atoms with van der Waals surface area (Å²) in [5, 5.41) is 11.0. The number of nitro benzene ring substituents is 1. The summed E-state index contributed by atoms with van der Waals surface area (Å²) in [7, 11) is 0. The summed E-state index contributed by atoms with van der Waals surface area (Å²) < 4.78 is 5.18. The van der Waals surface area contributed by atoms with Crippen molar-refractivity contribution in [2.75, 3.05) is 36.9 Å². The van der Waals surface area contributed by atoms with Crippen molar-refractivity contribution in [1.82, 2.24) is 0 Å². The summed E-state index contributed by atoms with van der Waals surface area (Å²) in [6, 6.07) is 5.06. The highest BCUT2D eigenvalue weighted by atomic mass is 16.6. The SMILES string of the molecule is Nc1cccc(N2CC3(COC3)C2)c1[N+](=O)[O-]. The lowest BCUT2D eigenvalue weighted by molar-refractivity contribution is -0.383. The van der Waals surface area contributed by atoms with E-state index >= 15 is 0 Å². The second kappa shape index (κ2) is 3.33. The van der Waals surface area contributed by atoms with Crippen molar-refractivity contribution in [3.05, 3.63) is 28.3 Å². The predicted molar refractivity (Wildman–Crippen MR) is 63.0 cm³/mol. The van der Waals surface area contributed by atoms with Crippen molar-refractivity contribution in [1.29, 1.82) is 0 Å². The third kappa shape index (κ3) is 1.44. The van der Waals surface area contributed by atoms with Gasteiger partial charge in [0.15, 0.2) is 0 Å².